The lowest BCUT2D eigenvalue weighted by atomic mass is 10.1. The molecule has 0 bridgehead atoms. The molecule has 1 aromatic rings. The van der Waals surface area contributed by atoms with Gasteiger partial charge in [-0.2, -0.15) is 0 Å². The smallest absolute Gasteiger partial charge is 0.293 e. The van der Waals surface area contributed by atoms with Gasteiger partial charge in [-0.25, -0.2) is 0 Å². The lowest BCUT2D eigenvalue weighted by molar-refractivity contribution is -0.384. The molecule has 1 amide bonds. The second-order valence-corrected chi connectivity index (χ2v) is 5.95. The molecule has 0 aliphatic rings. The van der Waals surface area contributed by atoms with Gasteiger partial charge in [-0.1, -0.05) is 13.8 Å². The summed E-state index contributed by atoms with van der Waals surface area (Å²) >= 11 is 0. The highest BCUT2D eigenvalue weighted by molar-refractivity contribution is 5.98. The van der Waals surface area contributed by atoms with Crippen molar-refractivity contribution < 1.29 is 14.5 Å². The summed E-state index contributed by atoms with van der Waals surface area (Å²) in [6.45, 7) is 7.23. The van der Waals surface area contributed by atoms with E-state index in [0.717, 1.165) is 19.6 Å². The molecule has 0 saturated heterocycles. The van der Waals surface area contributed by atoms with Crippen LogP contribution in [0.5, 0.6) is 5.75 Å². The summed E-state index contributed by atoms with van der Waals surface area (Å²) in [5.74, 6) is 0.0337. The highest BCUT2D eigenvalue weighted by atomic mass is 16.6. The molecule has 1 rings (SSSR count). The zero-order valence-electron chi connectivity index (χ0n) is 15.9. The van der Waals surface area contributed by atoms with E-state index in [1.807, 2.05) is 0 Å². The van der Waals surface area contributed by atoms with Crippen LogP contribution in [-0.2, 0) is 0 Å². The maximum atomic E-state index is 12.8. The molecule has 0 radical (unpaired) electrons. The van der Waals surface area contributed by atoms with Crippen molar-refractivity contribution in [1.82, 2.24) is 9.80 Å². The van der Waals surface area contributed by atoms with E-state index in [4.69, 9.17) is 4.74 Å². The number of likely N-dealkylation sites (N-methyl/N-ethyl adjacent to an activating group) is 2. The normalized spacial score (nSPS) is 10.7. The zero-order chi connectivity index (χ0) is 19.1. The maximum absolute atomic E-state index is 12.8. The Kier molecular flexibility index (Phi) is 7.63. The molecule has 25 heavy (non-hydrogen) atoms. The molecule has 1 aromatic carbocycles. The average molecular weight is 352 g/mol. The molecule has 0 aromatic heterocycles. The second-order valence-electron chi connectivity index (χ2n) is 5.95. The first-order chi connectivity index (χ1) is 11.8. The van der Waals surface area contributed by atoms with E-state index >= 15 is 0 Å². The number of nitro benzene ring substituents is 1. The van der Waals surface area contributed by atoms with Crippen molar-refractivity contribution in [2.45, 2.75) is 13.8 Å². The number of hydrogen-bond donors (Lipinski definition) is 0. The summed E-state index contributed by atoms with van der Waals surface area (Å²) in [5.41, 5.74) is 0.470. The van der Waals surface area contributed by atoms with Crippen LogP contribution in [0.25, 0.3) is 0 Å². The van der Waals surface area contributed by atoms with Crippen LogP contribution in [0, 0.1) is 10.1 Å². The zero-order valence-corrected chi connectivity index (χ0v) is 15.9. The van der Waals surface area contributed by atoms with Crippen LogP contribution in [0.4, 0.5) is 11.4 Å². The number of nitro groups is 1. The molecule has 0 unspecified atom stereocenters. The number of ether oxygens (including phenoxy) is 1. The maximum Gasteiger partial charge on any atom is 0.293 e. The van der Waals surface area contributed by atoms with Crippen LogP contribution >= 0.6 is 0 Å². The van der Waals surface area contributed by atoms with Crippen LogP contribution in [0.15, 0.2) is 12.1 Å². The van der Waals surface area contributed by atoms with E-state index in [1.54, 1.807) is 30.9 Å². The topological polar surface area (TPSA) is 79.2 Å². The van der Waals surface area contributed by atoms with Gasteiger partial charge >= 0.3 is 0 Å². The van der Waals surface area contributed by atoms with E-state index < -0.39 is 4.92 Å². The second kappa shape index (κ2) is 9.22. The Labute approximate surface area is 149 Å². The fraction of sp³-hybridized carbons (Fsp3) is 0.588. The molecule has 0 saturated carbocycles. The van der Waals surface area contributed by atoms with E-state index in [0.29, 0.717) is 18.0 Å². The van der Waals surface area contributed by atoms with Gasteiger partial charge in [-0.15, -0.1) is 0 Å². The standard InChI is InChI=1S/C17H28N4O4/c1-7-20(8-2)10-9-19(5)17(22)13-11-15(21(23)24)14(18(3)4)12-16(13)25-6/h11-12H,7-10H2,1-6H3. The fourth-order valence-corrected chi connectivity index (χ4v) is 2.54. The van der Waals surface area contributed by atoms with Gasteiger partial charge in [0.2, 0.25) is 0 Å². The van der Waals surface area contributed by atoms with Crippen LogP contribution in [0.1, 0.15) is 24.2 Å². The third-order valence-corrected chi connectivity index (χ3v) is 4.20. The van der Waals surface area contributed by atoms with Crippen LogP contribution in [0.3, 0.4) is 0 Å². The molecular weight excluding hydrogens is 324 g/mol. The van der Waals surface area contributed by atoms with Gasteiger partial charge in [0.25, 0.3) is 11.6 Å². The number of methoxy groups -OCH3 is 1. The van der Waals surface area contributed by atoms with E-state index in [2.05, 4.69) is 18.7 Å². The number of rotatable bonds is 9. The summed E-state index contributed by atoms with van der Waals surface area (Å²) in [5, 5.41) is 11.4. The molecule has 0 atom stereocenters. The molecule has 0 heterocycles. The van der Waals surface area contributed by atoms with Gasteiger partial charge in [0, 0.05) is 46.4 Å². The lowest BCUT2D eigenvalue weighted by Gasteiger charge is -2.24. The number of carbonyl (C=O) groups is 1. The van der Waals surface area contributed by atoms with Gasteiger partial charge in [0.15, 0.2) is 0 Å². The van der Waals surface area contributed by atoms with Crippen molar-refractivity contribution in [2.24, 2.45) is 0 Å². The van der Waals surface area contributed by atoms with Crippen molar-refractivity contribution in [3.63, 3.8) is 0 Å². The SMILES string of the molecule is CCN(CC)CCN(C)C(=O)c1cc([N+](=O)[O-])c(N(C)C)cc1OC. The molecule has 8 heteroatoms. The van der Waals surface area contributed by atoms with E-state index in [1.165, 1.54) is 19.2 Å². The largest absolute Gasteiger partial charge is 0.496 e. The summed E-state index contributed by atoms with van der Waals surface area (Å²) in [4.78, 5) is 29.0. The molecule has 140 valence electrons. The quantitative estimate of drug-likeness (QED) is 0.500. The van der Waals surface area contributed by atoms with E-state index in [-0.39, 0.29) is 17.2 Å². The fourth-order valence-electron chi connectivity index (χ4n) is 2.54. The molecule has 0 aliphatic carbocycles. The third kappa shape index (κ3) is 5.06. The van der Waals surface area contributed by atoms with Crippen LogP contribution in [-0.4, -0.2) is 75.1 Å². The monoisotopic (exact) mass is 352 g/mol. The number of hydrogen-bond acceptors (Lipinski definition) is 6. The Hall–Kier alpha value is -2.35. The predicted octanol–water partition coefficient (Wildman–Crippen LogP) is 2.08. The highest BCUT2D eigenvalue weighted by Crippen LogP contribution is 2.34. The summed E-state index contributed by atoms with van der Waals surface area (Å²) in [7, 11) is 6.56. The van der Waals surface area contributed by atoms with Crippen LogP contribution in [0.2, 0.25) is 0 Å². The Morgan fingerprint density at radius 3 is 2.20 bits per heavy atom. The molecule has 0 aliphatic heterocycles. The third-order valence-electron chi connectivity index (χ3n) is 4.20. The first-order valence-corrected chi connectivity index (χ1v) is 8.28. The van der Waals surface area contributed by atoms with Crippen molar-refractivity contribution >= 4 is 17.3 Å². The highest BCUT2D eigenvalue weighted by Gasteiger charge is 2.25. The van der Waals surface area contributed by atoms with Crippen molar-refractivity contribution in [3.05, 3.63) is 27.8 Å². The lowest BCUT2D eigenvalue weighted by Crippen LogP contribution is -2.36. The Morgan fingerprint density at radius 2 is 1.76 bits per heavy atom. The first kappa shape index (κ1) is 20.7. The Balaban J connectivity index is 3.15. The minimum Gasteiger partial charge on any atom is -0.496 e. The molecular formula is C17H28N4O4. The molecule has 0 spiro atoms. The van der Waals surface area contributed by atoms with Crippen molar-refractivity contribution in [2.75, 3.05) is 59.3 Å². The molecule has 0 fully saturated rings. The van der Waals surface area contributed by atoms with Gasteiger partial charge < -0.3 is 19.4 Å². The molecule has 0 N–H and O–H groups in total. The number of anilines is 1. The average Bonchev–Trinajstić information content (AvgIpc) is 2.60. The van der Waals surface area contributed by atoms with Crippen molar-refractivity contribution in [3.8, 4) is 5.75 Å². The first-order valence-electron chi connectivity index (χ1n) is 8.28. The minimum absolute atomic E-state index is 0.119. The minimum atomic E-state index is -0.485. The number of carbonyl (C=O) groups excluding carboxylic acids is 1. The molecule has 8 nitrogen and oxygen atoms in total. The Morgan fingerprint density at radius 1 is 1.16 bits per heavy atom. The predicted molar refractivity (Wildman–Crippen MR) is 98.7 cm³/mol. The van der Waals surface area contributed by atoms with E-state index in [9.17, 15) is 14.9 Å². The summed E-state index contributed by atoms with van der Waals surface area (Å²) < 4.78 is 5.30. The number of benzene rings is 1. The van der Waals surface area contributed by atoms with Gasteiger partial charge in [0.05, 0.1) is 17.6 Å². The van der Waals surface area contributed by atoms with Crippen LogP contribution < -0.4 is 9.64 Å². The van der Waals surface area contributed by atoms with Gasteiger partial charge in [-0.3, -0.25) is 14.9 Å². The summed E-state index contributed by atoms with van der Waals surface area (Å²) in [6.07, 6.45) is 0. The Bertz CT molecular complexity index is 615. The number of nitrogens with zero attached hydrogens (tertiary/aromatic N) is 4. The van der Waals surface area contributed by atoms with Gasteiger partial charge in [0.1, 0.15) is 11.4 Å². The number of amides is 1. The van der Waals surface area contributed by atoms with Gasteiger partial charge in [-0.05, 0) is 13.1 Å². The summed E-state index contributed by atoms with van der Waals surface area (Å²) in [6, 6.07) is 2.83. The van der Waals surface area contributed by atoms with Crippen molar-refractivity contribution in [1.29, 1.82) is 0 Å².